The average Bonchev–Trinajstić information content (AvgIpc) is 2.83. The first-order valence-electron chi connectivity index (χ1n) is 6.06. The smallest absolute Gasteiger partial charge is 0.227 e. The van der Waals surface area contributed by atoms with Gasteiger partial charge >= 0.3 is 0 Å². The summed E-state index contributed by atoms with van der Waals surface area (Å²) in [6.45, 7) is 0. The molecule has 2 aromatic carbocycles. The summed E-state index contributed by atoms with van der Waals surface area (Å²) in [6, 6.07) is 10.4. The molecule has 0 bridgehead atoms. The third-order valence-corrected chi connectivity index (χ3v) is 3.70. The summed E-state index contributed by atoms with van der Waals surface area (Å²) in [5.74, 6) is 0.443. The molecule has 0 N–H and O–H groups in total. The van der Waals surface area contributed by atoms with E-state index in [2.05, 4.69) is 4.98 Å². The normalized spacial score (nSPS) is 11.0. The molecule has 0 saturated heterocycles. The molecule has 0 aliphatic heterocycles. The number of carbonyl (C=O) groups is 1. The standard InChI is InChI=1S/C15H8Cl3NO2/c16-10-3-4-13-12(7-10)19-15(21-13)9-2-1-8(6-14(18)20)11(17)5-9/h1-5,7H,6H2. The number of carbonyl (C=O) groups excluding carboxylic acids is 1. The molecular weight excluding hydrogens is 333 g/mol. The molecule has 1 aromatic heterocycles. The van der Waals surface area contributed by atoms with Crippen molar-refractivity contribution in [1.29, 1.82) is 0 Å². The lowest BCUT2D eigenvalue weighted by Gasteiger charge is -2.02. The first kappa shape index (κ1) is 14.4. The van der Waals surface area contributed by atoms with E-state index in [9.17, 15) is 4.79 Å². The third-order valence-electron chi connectivity index (χ3n) is 2.98. The summed E-state index contributed by atoms with van der Waals surface area (Å²) in [7, 11) is 0. The first-order valence-corrected chi connectivity index (χ1v) is 7.19. The number of hydrogen-bond acceptors (Lipinski definition) is 3. The molecule has 21 heavy (non-hydrogen) atoms. The summed E-state index contributed by atoms with van der Waals surface area (Å²) in [5.41, 5.74) is 2.71. The molecule has 0 spiro atoms. The quantitative estimate of drug-likeness (QED) is 0.622. The van der Waals surface area contributed by atoms with Crippen molar-refractivity contribution in [2.24, 2.45) is 0 Å². The first-order chi connectivity index (χ1) is 10.0. The second kappa shape index (κ2) is 5.68. The number of fused-ring (bicyclic) bond motifs is 1. The number of aromatic nitrogens is 1. The molecule has 0 fully saturated rings. The molecule has 3 nitrogen and oxygen atoms in total. The molecule has 1 heterocycles. The highest BCUT2D eigenvalue weighted by molar-refractivity contribution is 6.63. The van der Waals surface area contributed by atoms with E-state index in [0.717, 1.165) is 5.56 Å². The lowest BCUT2D eigenvalue weighted by Crippen LogP contribution is -1.94. The summed E-state index contributed by atoms with van der Waals surface area (Å²) >= 11 is 17.4. The highest BCUT2D eigenvalue weighted by Crippen LogP contribution is 2.29. The maximum atomic E-state index is 10.9. The lowest BCUT2D eigenvalue weighted by molar-refractivity contribution is -0.111. The van der Waals surface area contributed by atoms with Crippen molar-refractivity contribution < 1.29 is 9.21 Å². The highest BCUT2D eigenvalue weighted by Gasteiger charge is 2.11. The van der Waals surface area contributed by atoms with E-state index in [1.54, 1.807) is 36.4 Å². The molecule has 0 aliphatic carbocycles. The molecule has 0 saturated carbocycles. The predicted octanol–water partition coefficient (Wildman–Crippen LogP) is 5.11. The molecule has 0 atom stereocenters. The second-order valence-corrected chi connectivity index (χ2v) is 5.73. The van der Waals surface area contributed by atoms with E-state index in [0.29, 0.717) is 32.6 Å². The van der Waals surface area contributed by atoms with E-state index in [4.69, 9.17) is 39.2 Å². The van der Waals surface area contributed by atoms with Gasteiger partial charge in [-0.25, -0.2) is 4.98 Å². The Morgan fingerprint density at radius 1 is 1.14 bits per heavy atom. The van der Waals surface area contributed by atoms with Gasteiger partial charge in [0.15, 0.2) is 5.58 Å². The van der Waals surface area contributed by atoms with Gasteiger partial charge in [-0.15, -0.1) is 0 Å². The number of oxazole rings is 1. The molecule has 0 amide bonds. The van der Waals surface area contributed by atoms with Gasteiger partial charge in [0.2, 0.25) is 11.1 Å². The van der Waals surface area contributed by atoms with Gasteiger partial charge in [0.05, 0.1) is 0 Å². The number of halogens is 3. The molecular formula is C15H8Cl3NO2. The SMILES string of the molecule is O=C(Cl)Cc1ccc(-c2nc3cc(Cl)ccc3o2)cc1Cl. The van der Waals surface area contributed by atoms with Crippen LogP contribution in [0.2, 0.25) is 10.0 Å². The highest BCUT2D eigenvalue weighted by atomic mass is 35.5. The van der Waals surface area contributed by atoms with E-state index in [1.165, 1.54) is 0 Å². The summed E-state index contributed by atoms with van der Waals surface area (Å²) < 4.78 is 5.66. The molecule has 0 radical (unpaired) electrons. The monoisotopic (exact) mass is 339 g/mol. The van der Waals surface area contributed by atoms with E-state index in [1.807, 2.05) is 0 Å². The van der Waals surface area contributed by atoms with Gasteiger partial charge in [0.25, 0.3) is 0 Å². The Morgan fingerprint density at radius 3 is 2.67 bits per heavy atom. The zero-order valence-corrected chi connectivity index (χ0v) is 12.8. The number of hydrogen-bond donors (Lipinski definition) is 0. The van der Waals surface area contributed by atoms with Gasteiger partial charge < -0.3 is 4.42 Å². The van der Waals surface area contributed by atoms with Gasteiger partial charge in [-0.2, -0.15) is 0 Å². The van der Waals surface area contributed by atoms with Gasteiger partial charge in [0, 0.05) is 22.0 Å². The van der Waals surface area contributed by atoms with Crippen LogP contribution in [0.1, 0.15) is 5.56 Å². The van der Waals surface area contributed by atoms with Crippen LogP contribution in [0.15, 0.2) is 40.8 Å². The van der Waals surface area contributed by atoms with Gasteiger partial charge in [-0.3, -0.25) is 4.79 Å². The van der Waals surface area contributed by atoms with Gasteiger partial charge in [0.1, 0.15) is 5.52 Å². The van der Waals surface area contributed by atoms with Crippen LogP contribution in [0.5, 0.6) is 0 Å². The van der Waals surface area contributed by atoms with Crippen molar-refractivity contribution >= 4 is 51.1 Å². The largest absolute Gasteiger partial charge is 0.436 e. The van der Waals surface area contributed by atoms with Crippen LogP contribution in [-0.2, 0) is 11.2 Å². The van der Waals surface area contributed by atoms with E-state index in [-0.39, 0.29) is 6.42 Å². The zero-order valence-electron chi connectivity index (χ0n) is 10.6. The summed E-state index contributed by atoms with van der Waals surface area (Å²) in [5, 5.41) is 0.583. The van der Waals surface area contributed by atoms with Crippen LogP contribution in [0.25, 0.3) is 22.6 Å². The second-order valence-electron chi connectivity index (χ2n) is 4.47. The molecule has 0 unspecified atom stereocenters. The van der Waals surface area contributed by atoms with Crippen LogP contribution in [0.4, 0.5) is 0 Å². The lowest BCUT2D eigenvalue weighted by atomic mass is 10.1. The van der Waals surface area contributed by atoms with Crippen molar-refractivity contribution in [3.8, 4) is 11.5 Å². The Balaban J connectivity index is 2.02. The van der Waals surface area contributed by atoms with Crippen LogP contribution >= 0.6 is 34.8 Å². The Morgan fingerprint density at radius 2 is 1.95 bits per heavy atom. The Bertz CT molecular complexity index is 842. The van der Waals surface area contributed by atoms with Crippen LogP contribution in [0, 0.1) is 0 Å². The van der Waals surface area contributed by atoms with Crippen molar-refractivity contribution in [2.45, 2.75) is 6.42 Å². The van der Waals surface area contributed by atoms with Crippen LogP contribution in [0.3, 0.4) is 0 Å². The van der Waals surface area contributed by atoms with Crippen LogP contribution < -0.4 is 0 Å². The van der Waals surface area contributed by atoms with Crippen molar-refractivity contribution in [1.82, 2.24) is 4.98 Å². The molecule has 6 heteroatoms. The average molecular weight is 341 g/mol. The van der Waals surface area contributed by atoms with E-state index >= 15 is 0 Å². The Kier molecular flexibility index (Phi) is 3.89. The topological polar surface area (TPSA) is 43.1 Å². The maximum absolute atomic E-state index is 10.9. The van der Waals surface area contributed by atoms with Gasteiger partial charge in [-0.05, 0) is 47.5 Å². The minimum atomic E-state index is -0.457. The molecule has 3 rings (SSSR count). The van der Waals surface area contributed by atoms with E-state index < -0.39 is 5.24 Å². The summed E-state index contributed by atoms with van der Waals surface area (Å²) in [6.07, 6.45) is 0.0871. The van der Waals surface area contributed by atoms with Crippen molar-refractivity contribution in [2.75, 3.05) is 0 Å². The van der Waals surface area contributed by atoms with Crippen molar-refractivity contribution in [3.63, 3.8) is 0 Å². The minimum Gasteiger partial charge on any atom is -0.436 e. The summed E-state index contributed by atoms with van der Waals surface area (Å²) in [4.78, 5) is 15.3. The fraction of sp³-hybridized carbons (Fsp3) is 0.0667. The molecule has 106 valence electrons. The number of benzene rings is 2. The molecule has 3 aromatic rings. The number of rotatable bonds is 3. The fourth-order valence-electron chi connectivity index (χ4n) is 2.00. The van der Waals surface area contributed by atoms with Gasteiger partial charge in [-0.1, -0.05) is 29.3 Å². The third kappa shape index (κ3) is 3.05. The number of nitrogens with zero attached hydrogens (tertiary/aromatic N) is 1. The maximum Gasteiger partial charge on any atom is 0.227 e. The minimum absolute atomic E-state index is 0.0871. The fourth-order valence-corrected chi connectivity index (χ4v) is 2.56. The van der Waals surface area contributed by atoms with Crippen LogP contribution in [-0.4, -0.2) is 10.2 Å². The molecule has 0 aliphatic rings. The predicted molar refractivity (Wildman–Crippen MR) is 84.0 cm³/mol. The Labute approximate surface area is 135 Å². The zero-order chi connectivity index (χ0) is 15.0. The Hall–Kier alpha value is -1.55. The van der Waals surface area contributed by atoms with Crippen molar-refractivity contribution in [3.05, 3.63) is 52.0 Å².